The molecule has 200 valence electrons. The van der Waals surface area contributed by atoms with Gasteiger partial charge in [-0.2, -0.15) is 9.97 Å². The van der Waals surface area contributed by atoms with Gasteiger partial charge in [-0.3, -0.25) is 0 Å². The molecule has 1 saturated heterocycles. The van der Waals surface area contributed by atoms with Crippen LogP contribution in [0, 0.1) is 0 Å². The standard InChI is InChI=1S/C15H26N4O.C5H11NO.C5H12.C2H6/c1-5-8-19(9-6-2)14-12-7-10-18(3)11-13(12)16-15(17-14)20-4;1-7-5-2-3-6-4-5;1-3-5-4-2;1-2/h5-11H2,1-4H3;5-6H,2-4H2,1H3;3-5H2,1-2H3;1-2H3. The van der Waals surface area contributed by atoms with Crippen LogP contribution in [0.3, 0.4) is 0 Å². The molecule has 0 spiro atoms. The zero-order chi connectivity index (χ0) is 25.8. The van der Waals surface area contributed by atoms with Gasteiger partial charge in [0.05, 0.1) is 18.9 Å². The van der Waals surface area contributed by atoms with Crippen molar-refractivity contribution >= 4 is 5.82 Å². The minimum atomic E-state index is 0.486. The molecule has 34 heavy (non-hydrogen) atoms. The minimum absolute atomic E-state index is 0.486. The lowest BCUT2D eigenvalue weighted by Gasteiger charge is -2.30. The van der Waals surface area contributed by atoms with Crippen molar-refractivity contribution in [3.8, 4) is 6.01 Å². The highest BCUT2D eigenvalue weighted by atomic mass is 16.5. The number of aromatic nitrogens is 2. The van der Waals surface area contributed by atoms with Crippen molar-refractivity contribution in [1.29, 1.82) is 0 Å². The second kappa shape index (κ2) is 20.9. The number of hydrogen-bond acceptors (Lipinski definition) is 7. The van der Waals surface area contributed by atoms with Crippen LogP contribution in [0.1, 0.15) is 91.3 Å². The second-order valence-electron chi connectivity index (χ2n) is 8.64. The van der Waals surface area contributed by atoms with Crippen molar-refractivity contribution in [2.45, 2.75) is 99.1 Å². The van der Waals surface area contributed by atoms with Crippen molar-refractivity contribution in [2.75, 3.05) is 58.9 Å². The van der Waals surface area contributed by atoms with E-state index < -0.39 is 0 Å². The first-order valence-corrected chi connectivity index (χ1v) is 13.6. The zero-order valence-corrected chi connectivity index (χ0v) is 23.9. The topological polar surface area (TPSA) is 62.8 Å². The molecule has 0 bridgehead atoms. The first-order chi connectivity index (χ1) is 16.5. The maximum absolute atomic E-state index is 5.30. The summed E-state index contributed by atoms with van der Waals surface area (Å²) >= 11 is 0. The van der Waals surface area contributed by atoms with E-state index in [1.807, 2.05) is 13.8 Å². The number of fused-ring (bicyclic) bond motifs is 1. The lowest BCUT2D eigenvalue weighted by molar-refractivity contribution is 0.119. The summed E-state index contributed by atoms with van der Waals surface area (Å²) in [6.45, 7) is 19.0. The van der Waals surface area contributed by atoms with Gasteiger partial charge >= 0.3 is 6.01 Å². The van der Waals surface area contributed by atoms with Gasteiger partial charge in [0, 0.05) is 45.4 Å². The summed E-state index contributed by atoms with van der Waals surface area (Å²) in [7, 11) is 5.53. The maximum Gasteiger partial charge on any atom is 0.318 e. The number of likely N-dealkylation sites (N-methyl/N-ethyl adjacent to an activating group) is 1. The molecule has 2 aliphatic rings. The van der Waals surface area contributed by atoms with E-state index in [0.29, 0.717) is 12.1 Å². The highest BCUT2D eigenvalue weighted by molar-refractivity contribution is 5.51. The van der Waals surface area contributed by atoms with Gasteiger partial charge in [0.15, 0.2) is 0 Å². The molecule has 1 unspecified atom stereocenters. The van der Waals surface area contributed by atoms with Crippen LogP contribution < -0.4 is 15.0 Å². The van der Waals surface area contributed by atoms with Gasteiger partial charge in [0.2, 0.25) is 0 Å². The third kappa shape index (κ3) is 12.3. The number of hydrogen-bond donors (Lipinski definition) is 1. The highest BCUT2D eigenvalue weighted by Crippen LogP contribution is 2.28. The molecule has 7 heteroatoms. The molecule has 0 saturated carbocycles. The van der Waals surface area contributed by atoms with Crippen molar-refractivity contribution < 1.29 is 9.47 Å². The third-order valence-corrected chi connectivity index (χ3v) is 5.74. The average molecular weight is 482 g/mol. The molecule has 1 N–H and O–H groups in total. The van der Waals surface area contributed by atoms with Crippen molar-refractivity contribution in [1.82, 2.24) is 20.2 Å². The molecule has 3 rings (SSSR count). The van der Waals surface area contributed by atoms with Gasteiger partial charge in [0.25, 0.3) is 0 Å². The predicted molar refractivity (Wildman–Crippen MR) is 146 cm³/mol. The molecule has 7 nitrogen and oxygen atoms in total. The number of unbranched alkanes of at least 4 members (excludes halogenated alkanes) is 2. The Morgan fingerprint density at radius 3 is 2.06 bits per heavy atom. The van der Waals surface area contributed by atoms with Crippen LogP contribution in [0.4, 0.5) is 5.82 Å². The number of methoxy groups -OCH3 is 2. The Kier molecular flexibility index (Phi) is 20.0. The molecule has 1 aromatic heterocycles. The van der Waals surface area contributed by atoms with E-state index in [4.69, 9.17) is 9.47 Å². The van der Waals surface area contributed by atoms with Crippen LogP contribution >= 0.6 is 0 Å². The average Bonchev–Trinajstić information content (AvgIpc) is 3.40. The summed E-state index contributed by atoms with van der Waals surface area (Å²) in [5.41, 5.74) is 2.43. The SMILES string of the molecule is CC.CCCCC.CCCN(CCC)c1nc(OC)nc2c1CCN(C)C2.COC1CCNC1. The van der Waals surface area contributed by atoms with E-state index in [1.165, 1.54) is 31.2 Å². The quantitative estimate of drug-likeness (QED) is 0.512. The first kappa shape index (κ1) is 32.6. The van der Waals surface area contributed by atoms with Crippen molar-refractivity contribution in [3.63, 3.8) is 0 Å². The maximum atomic E-state index is 5.30. The Balaban J connectivity index is 0.000000636. The van der Waals surface area contributed by atoms with Crippen LogP contribution in [0.2, 0.25) is 0 Å². The van der Waals surface area contributed by atoms with Gasteiger partial charge in [-0.05, 0) is 39.3 Å². The Bertz CT molecular complexity index is 601. The number of anilines is 1. The van der Waals surface area contributed by atoms with Crippen molar-refractivity contribution in [2.24, 2.45) is 0 Å². The normalized spacial score (nSPS) is 16.7. The molecule has 0 radical (unpaired) electrons. The minimum Gasteiger partial charge on any atom is -0.467 e. The van der Waals surface area contributed by atoms with Gasteiger partial charge in [-0.1, -0.05) is 60.8 Å². The summed E-state index contributed by atoms with van der Waals surface area (Å²) in [6.07, 6.45) is 9.01. The smallest absolute Gasteiger partial charge is 0.318 e. The van der Waals surface area contributed by atoms with Gasteiger partial charge in [-0.25, -0.2) is 0 Å². The Labute approximate surface area is 211 Å². The molecule has 0 amide bonds. The molecular formula is C27H55N5O2. The van der Waals surface area contributed by atoms with E-state index in [1.54, 1.807) is 14.2 Å². The third-order valence-electron chi connectivity index (χ3n) is 5.74. The fraction of sp³-hybridized carbons (Fsp3) is 0.852. The second-order valence-corrected chi connectivity index (χ2v) is 8.64. The van der Waals surface area contributed by atoms with E-state index in [2.05, 4.69) is 59.8 Å². The lowest BCUT2D eigenvalue weighted by Crippen LogP contribution is -2.33. The molecule has 1 aromatic rings. The molecule has 1 fully saturated rings. The number of ether oxygens (including phenoxy) is 2. The molecule has 0 aliphatic carbocycles. The first-order valence-electron chi connectivity index (χ1n) is 13.6. The van der Waals surface area contributed by atoms with E-state index in [-0.39, 0.29) is 0 Å². The summed E-state index contributed by atoms with van der Waals surface area (Å²) in [5.74, 6) is 1.09. The zero-order valence-electron chi connectivity index (χ0n) is 23.9. The summed E-state index contributed by atoms with van der Waals surface area (Å²) in [4.78, 5) is 13.9. The Morgan fingerprint density at radius 2 is 1.65 bits per heavy atom. The fourth-order valence-electron chi connectivity index (χ4n) is 3.92. The number of nitrogens with zero attached hydrogens (tertiary/aromatic N) is 4. The molecule has 3 heterocycles. The predicted octanol–water partition coefficient (Wildman–Crippen LogP) is 5.32. The van der Waals surface area contributed by atoms with Gasteiger partial charge in [0.1, 0.15) is 5.82 Å². The van der Waals surface area contributed by atoms with Crippen LogP contribution in [0.5, 0.6) is 6.01 Å². The van der Waals surface area contributed by atoms with Crippen LogP contribution in [-0.2, 0) is 17.7 Å². The van der Waals surface area contributed by atoms with Crippen molar-refractivity contribution in [3.05, 3.63) is 11.3 Å². The van der Waals surface area contributed by atoms with E-state index in [0.717, 1.165) is 70.0 Å². The Morgan fingerprint density at radius 1 is 1.00 bits per heavy atom. The van der Waals surface area contributed by atoms with Gasteiger partial charge in [-0.15, -0.1) is 0 Å². The number of rotatable bonds is 9. The highest BCUT2D eigenvalue weighted by Gasteiger charge is 2.23. The van der Waals surface area contributed by atoms with Crippen LogP contribution in [0.25, 0.3) is 0 Å². The van der Waals surface area contributed by atoms with E-state index in [9.17, 15) is 0 Å². The molecule has 0 aromatic carbocycles. The van der Waals surface area contributed by atoms with E-state index >= 15 is 0 Å². The summed E-state index contributed by atoms with van der Waals surface area (Å²) in [5, 5.41) is 3.20. The monoisotopic (exact) mass is 481 g/mol. The van der Waals surface area contributed by atoms with Crippen LogP contribution in [-0.4, -0.2) is 75.0 Å². The molecule has 2 aliphatic heterocycles. The van der Waals surface area contributed by atoms with Crippen LogP contribution in [0.15, 0.2) is 0 Å². The molecule has 1 atom stereocenters. The fourth-order valence-corrected chi connectivity index (χ4v) is 3.92. The lowest BCUT2D eigenvalue weighted by atomic mass is 10.1. The number of nitrogens with one attached hydrogen (secondary N) is 1. The Hall–Kier alpha value is -1.44. The van der Waals surface area contributed by atoms with Gasteiger partial charge < -0.3 is 24.6 Å². The summed E-state index contributed by atoms with van der Waals surface area (Å²) in [6, 6.07) is 0.492. The summed E-state index contributed by atoms with van der Waals surface area (Å²) < 4.78 is 10.3. The largest absolute Gasteiger partial charge is 0.467 e. The molecular weight excluding hydrogens is 426 g/mol.